The van der Waals surface area contributed by atoms with Gasteiger partial charge < -0.3 is 50.9 Å². The third-order valence-corrected chi connectivity index (χ3v) is 13.9. The quantitative estimate of drug-likeness (QED) is 0.0401. The largest absolute Gasteiger partial charge is 0.481 e. The number of hydrogen-bond acceptors (Lipinski definition) is 18. The summed E-state index contributed by atoms with van der Waals surface area (Å²) in [4.78, 5) is 88.2. The Kier molecular flexibility index (Phi) is 22.2. The fourth-order valence-electron chi connectivity index (χ4n) is 6.37. The van der Waals surface area contributed by atoms with Crippen molar-refractivity contribution in [3.8, 4) is 0 Å². The number of fused-ring (bicyclic) bond motifs is 1. The van der Waals surface area contributed by atoms with Crippen LogP contribution in [0.1, 0.15) is 105 Å². The Balaban J connectivity index is 1.37. The molecule has 0 saturated carbocycles. The van der Waals surface area contributed by atoms with E-state index in [2.05, 4.69) is 48.3 Å². The molecule has 3 heterocycles. The molecule has 10 N–H and O–H groups in total. The second kappa shape index (κ2) is 25.5. The van der Waals surface area contributed by atoms with Crippen molar-refractivity contribution in [3.05, 3.63) is 12.7 Å². The number of carbonyl (C=O) groups is 3. The highest BCUT2D eigenvalue weighted by atomic mass is 32.2. The third kappa shape index (κ3) is 19.1. The fourth-order valence-corrected chi connectivity index (χ4v) is 9.92. The molecule has 1 fully saturated rings. The molecule has 3 rings (SSSR count). The molecule has 63 heavy (non-hydrogen) atoms. The zero-order chi connectivity index (χ0) is 47.0. The standard InChI is InChI=1S/C35H62N7O17P3S/c1-5-6-7-8-9-12-23(2)13-10-11-14-26(44)63-18-17-37-25(43)15-16-38-33(47)30(46)35(3,4)20-56-62(53,54)59-61(51,52)55-19-24-29(58-60(48,49)50)28(45)34(57-24)42-22-41-27-31(36)39-21-40-32(27)42/h21-24,28-30,34,45-46H,5-20H2,1-4H3,(H,37,43)(H,38,47)(H,51,52)(H,53,54)(H2,36,39,40)(H2,48,49,50). The molecular weight excluding hydrogens is 915 g/mol. The second-order valence-corrected chi connectivity index (χ2v) is 21.2. The summed E-state index contributed by atoms with van der Waals surface area (Å²) in [5.41, 5.74) is 4.28. The summed E-state index contributed by atoms with van der Waals surface area (Å²) >= 11 is 1.15. The number of unbranched alkanes of at least 4 members (excludes halogenated alkanes) is 5. The van der Waals surface area contributed by atoms with Gasteiger partial charge in [-0.2, -0.15) is 4.31 Å². The van der Waals surface area contributed by atoms with Gasteiger partial charge in [-0.25, -0.2) is 28.6 Å². The molecule has 28 heteroatoms. The van der Waals surface area contributed by atoms with Crippen molar-refractivity contribution in [2.24, 2.45) is 11.3 Å². The molecule has 8 unspecified atom stereocenters. The van der Waals surface area contributed by atoms with Crippen LogP contribution in [0.4, 0.5) is 5.82 Å². The maximum Gasteiger partial charge on any atom is 0.481 e. The van der Waals surface area contributed by atoms with E-state index in [9.17, 15) is 57.9 Å². The molecule has 0 aromatic carbocycles. The first-order valence-electron chi connectivity index (χ1n) is 20.5. The van der Waals surface area contributed by atoms with Crippen molar-refractivity contribution in [1.29, 1.82) is 0 Å². The van der Waals surface area contributed by atoms with E-state index in [0.717, 1.165) is 48.2 Å². The molecule has 24 nitrogen and oxygen atoms in total. The average molecular weight is 978 g/mol. The predicted molar refractivity (Wildman–Crippen MR) is 228 cm³/mol. The number of ether oxygens (including phenoxy) is 1. The summed E-state index contributed by atoms with van der Waals surface area (Å²) in [6, 6.07) is 0. The van der Waals surface area contributed by atoms with Crippen LogP contribution in [0, 0.1) is 11.3 Å². The van der Waals surface area contributed by atoms with Gasteiger partial charge in [-0.3, -0.25) is 32.5 Å². The van der Waals surface area contributed by atoms with Crippen molar-refractivity contribution in [2.75, 3.05) is 37.8 Å². The van der Waals surface area contributed by atoms with E-state index < -0.39 is 84.6 Å². The zero-order valence-corrected chi connectivity index (χ0v) is 39.2. The molecule has 0 spiro atoms. The number of nitrogens with one attached hydrogen (secondary N) is 2. The maximum absolute atomic E-state index is 12.7. The number of phosphoric ester groups is 3. The Bertz CT molecular complexity index is 1940. The van der Waals surface area contributed by atoms with Gasteiger partial charge in [0.05, 0.1) is 19.5 Å². The lowest BCUT2D eigenvalue weighted by molar-refractivity contribution is -0.137. The lowest BCUT2D eigenvalue weighted by atomic mass is 9.87. The van der Waals surface area contributed by atoms with Crippen LogP contribution in [0.25, 0.3) is 11.2 Å². The zero-order valence-electron chi connectivity index (χ0n) is 35.7. The van der Waals surface area contributed by atoms with Crippen LogP contribution in [0.15, 0.2) is 12.7 Å². The highest BCUT2D eigenvalue weighted by molar-refractivity contribution is 8.13. The van der Waals surface area contributed by atoms with Crippen LogP contribution in [0.3, 0.4) is 0 Å². The van der Waals surface area contributed by atoms with Gasteiger partial charge in [0.1, 0.15) is 36.3 Å². The normalized spacial score (nSPS) is 21.1. The van der Waals surface area contributed by atoms with E-state index in [1.54, 1.807) is 0 Å². The van der Waals surface area contributed by atoms with E-state index in [-0.39, 0.29) is 41.6 Å². The number of carbonyl (C=O) groups excluding carboxylic acids is 3. The molecule has 2 aromatic heterocycles. The van der Waals surface area contributed by atoms with E-state index in [0.29, 0.717) is 18.1 Å². The minimum Gasteiger partial charge on any atom is -0.386 e. The van der Waals surface area contributed by atoms with Gasteiger partial charge in [0, 0.05) is 37.1 Å². The van der Waals surface area contributed by atoms with Gasteiger partial charge in [-0.1, -0.05) is 90.8 Å². The van der Waals surface area contributed by atoms with E-state index in [4.69, 9.17) is 19.5 Å². The first-order valence-corrected chi connectivity index (χ1v) is 26.0. The highest BCUT2D eigenvalue weighted by Crippen LogP contribution is 2.61. The monoisotopic (exact) mass is 977 g/mol. The van der Waals surface area contributed by atoms with Crippen LogP contribution in [0.5, 0.6) is 0 Å². The van der Waals surface area contributed by atoms with Crippen molar-refractivity contribution in [2.45, 2.75) is 129 Å². The molecule has 2 amide bonds. The first kappa shape index (κ1) is 54.9. The summed E-state index contributed by atoms with van der Waals surface area (Å²) < 4.78 is 62.4. The summed E-state index contributed by atoms with van der Waals surface area (Å²) in [7, 11) is -16.4. The number of imidazole rings is 1. The minimum absolute atomic E-state index is 0.0332. The molecule has 2 aromatic rings. The summed E-state index contributed by atoms with van der Waals surface area (Å²) in [5.74, 6) is -0.376. The van der Waals surface area contributed by atoms with Gasteiger partial charge in [-0.05, 0) is 12.3 Å². The van der Waals surface area contributed by atoms with Crippen LogP contribution in [0.2, 0.25) is 0 Å². The maximum atomic E-state index is 12.7. The Hall–Kier alpha value is -2.44. The first-order chi connectivity index (χ1) is 29.4. The molecule has 0 bridgehead atoms. The topological polar surface area (TPSA) is 364 Å². The van der Waals surface area contributed by atoms with Crippen molar-refractivity contribution < 1.29 is 80.5 Å². The van der Waals surface area contributed by atoms with Crippen molar-refractivity contribution in [3.63, 3.8) is 0 Å². The number of hydrogen-bond donors (Lipinski definition) is 9. The number of aromatic nitrogens is 4. The fraction of sp³-hybridized carbons (Fsp3) is 0.771. The number of nitrogen functional groups attached to an aromatic ring is 1. The lowest BCUT2D eigenvalue weighted by Gasteiger charge is -2.30. The number of rotatable bonds is 30. The van der Waals surface area contributed by atoms with Crippen LogP contribution in [-0.4, -0.2) is 123 Å². The van der Waals surface area contributed by atoms with Gasteiger partial charge in [0.2, 0.25) is 11.8 Å². The summed E-state index contributed by atoms with van der Waals surface area (Å²) in [5, 5.41) is 26.6. The SMILES string of the molecule is CCCCCCCC(C)CCCCC(=O)SCCNC(=O)CCNC(=O)C(O)C(C)(C)COP(=O)(O)OP(=O)(O)OCC1OC(n2cnc3c(N)ncnc32)C(O)C1OP(=O)(O)O. The number of nitrogens with two attached hydrogens (primary N) is 1. The minimum atomic E-state index is -5.57. The molecule has 0 radical (unpaired) electrons. The molecular formula is C35H62N7O17P3S. The van der Waals surface area contributed by atoms with Crippen LogP contribution >= 0.6 is 35.2 Å². The van der Waals surface area contributed by atoms with E-state index in [1.165, 1.54) is 52.4 Å². The van der Waals surface area contributed by atoms with Gasteiger partial charge in [0.25, 0.3) is 0 Å². The molecule has 1 aliphatic heterocycles. The van der Waals surface area contributed by atoms with Crippen LogP contribution in [-0.2, 0) is 50.7 Å². The number of phosphoric acid groups is 3. The van der Waals surface area contributed by atoms with Crippen molar-refractivity contribution in [1.82, 2.24) is 30.2 Å². The summed E-state index contributed by atoms with van der Waals surface area (Å²) in [6.45, 7) is 5.03. The molecule has 1 saturated heterocycles. The van der Waals surface area contributed by atoms with Gasteiger partial charge in [-0.15, -0.1) is 0 Å². The number of anilines is 1. The number of amides is 2. The Morgan fingerprint density at radius 3 is 2.30 bits per heavy atom. The highest BCUT2D eigenvalue weighted by Gasteiger charge is 2.50. The Morgan fingerprint density at radius 2 is 1.62 bits per heavy atom. The lowest BCUT2D eigenvalue weighted by Crippen LogP contribution is -2.46. The van der Waals surface area contributed by atoms with Crippen LogP contribution < -0.4 is 16.4 Å². The number of thioether (sulfide) groups is 1. The van der Waals surface area contributed by atoms with E-state index >= 15 is 0 Å². The Labute approximate surface area is 369 Å². The van der Waals surface area contributed by atoms with Gasteiger partial charge >= 0.3 is 23.5 Å². The van der Waals surface area contributed by atoms with Gasteiger partial charge in [0.15, 0.2) is 22.8 Å². The number of aliphatic hydroxyl groups is 2. The molecule has 0 aliphatic carbocycles. The average Bonchev–Trinajstić information content (AvgIpc) is 3.76. The van der Waals surface area contributed by atoms with Crippen molar-refractivity contribution >= 4 is 69.1 Å². The molecule has 1 aliphatic rings. The molecule has 8 atom stereocenters. The third-order valence-electron chi connectivity index (χ3n) is 9.89. The predicted octanol–water partition coefficient (Wildman–Crippen LogP) is 3.22. The Morgan fingerprint density at radius 1 is 0.952 bits per heavy atom. The second-order valence-electron chi connectivity index (χ2n) is 15.8. The number of nitrogens with zero attached hydrogens (tertiary/aromatic N) is 4. The smallest absolute Gasteiger partial charge is 0.386 e. The van der Waals surface area contributed by atoms with E-state index in [1.807, 2.05) is 0 Å². The number of aliphatic hydroxyl groups excluding tert-OH is 2. The summed E-state index contributed by atoms with van der Waals surface area (Å²) in [6.07, 6.45) is 4.09. The molecule has 360 valence electrons.